The van der Waals surface area contributed by atoms with Gasteiger partial charge in [0.15, 0.2) is 10.8 Å². The number of sulfonamides is 1. The summed E-state index contributed by atoms with van der Waals surface area (Å²) in [6.07, 6.45) is 8.48. The standard InChI is InChI=1S/C20H20Cl2N6O3S/c21-16-4-3-14(17(22)8-16)9-25-20(29)15-2-1-7-28(11-15)32(30,31)19-12-27(13-26-19)18-10-23-5-6-24-18/h3-6,8,10,12-13,15H,1-2,7,9,11H2,(H,25,29)/t15-/m1/s1. The van der Waals surface area contributed by atoms with Crippen molar-refractivity contribution in [2.45, 2.75) is 24.4 Å². The van der Waals surface area contributed by atoms with Crippen molar-refractivity contribution in [1.82, 2.24) is 29.1 Å². The van der Waals surface area contributed by atoms with Crippen LogP contribution in [0.2, 0.25) is 10.0 Å². The van der Waals surface area contributed by atoms with Gasteiger partial charge in [-0.2, -0.15) is 4.31 Å². The predicted molar refractivity (Wildman–Crippen MR) is 119 cm³/mol. The molecular weight excluding hydrogens is 475 g/mol. The third-order valence-corrected chi connectivity index (χ3v) is 7.54. The van der Waals surface area contributed by atoms with Crippen LogP contribution in [0.5, 0.6) is 0 Å². The van der Waals surface area contributed by atoms with E-state index >= 15 is 0 Å². The minimum atomic E-state index is -3.86. The number of aromatic nitrogens is 4. The number of hydrogen-bond acceptors (Lipinski definition) is 6. The van der Waals surface area contributed by atoms with E-state index in [9.17, 15) is 13.2 Å². The molecule has 1 aromatic carbocycles. The van der Waals surface area contributed by atoms with Crippen molar-refractivity contribution in [2.75, 3.05) is 13.1 Å². The smallest absolute Gasteiger partial charge is 0.262 e. The van der Waals surface area contributed by atoms with Gasteiger partial charge in [0, 0.05) is 42.1 Å². The number of benzene rings is 1. The Morgan fingerprint density at radius 1 is 1.22 bits per heavy atom. The number of piperidine rings is 1. The summed E-state index contributed by atoms with van der Waals surface area (Å²) >= 11 is 12.1. The van der Waals surface area contributed by atoms with Gasteiger partial charge in [-0.3, -0.25) is 14.3 Å². The number of halogens is 2. The number of rotatable bonds is 6. The Kier molecular flexibility index (Phi) is 6.75. The van der Waals surface area contributed by atoms with Crippen LogP contribution in [0.3, 0.4) is 0 Å². The Morgan fingerprint density at radius 3 is 2.81 bits per heavy atom. The highest BCUT2D eigenvalue weighted by Crippen LogP contribution is 2.24. The summed E-state index contributed by atoms with van der Waals surface area (Å²) < 4.78 is 29.0. The first-order chi connectivity index (χ1) is 15.3. The average Bonchev–Trinajstić information content (AvgIpc) is 3.30. The summed E-state index contributed by atoms with van der Waals surface area (Å²) in [5.41, 5.74) is 0.735. The molecule has 3 aromatic rings. The molecule has 1 aliphatic rings. The zero-order chi connectivity index (χ0) is 22.7. The maximum Gasteiger partial charge on any atom is 0.262 e. The maximum atomic E-state index is 13.1. The first kappa shape index (κ1) is 22.7. The minimum Gasteiger partial charge on any atom is -0.352 e. The summed E-state index contributed by atoms with van der Waals surface area (Å²) in [4.78, 5) is 24.9. The Morgan fingerprint density at radius 2 is 2.06 bits per heavy atom. The molecule has 1 aliphatic heterocycles. The molecule has 32 heavy (non-hydrogen) atoms. The number of hydrogen-bond donors (Lipinski definition) is 1. The van der Waals surface area contributed by atoms with E-state index in [1.807, 2.05) is 0 Å². The molecule has 0 spiro atoms. The second-order valence-corrected chi connectivity index (χ2v) is 10.1. The first-order valence-electron chi connectivity index (χ1n) is 9.87. The molecular formula is C20H20Cl2N6O3S. The van der Waals surface area contributed by atoms with E-state index in [1.165, 1.54) is 40.0 Å². The molecule has 4 rings (SSSR count). The number of imidazole rings is 1. The van der Waals surface area contributed by atoms with Crippen molar-refractivity contribution in [1.29, 1.82) is 0 Å². The molecule has 2 aromatic heterocycles. The fraction of sp³-hybridized carbons (Fsp3) is 0.300. The fourth-order valence-electron chi connectivity index (χ4n) is 3.49. The summed E-state index contributed by atoms with van der Waals surface area (Å²) in [6.45, 7) is 0.647. The normalized spacial score (nSPS) is 17.2. The zero-order valence-corrected chi connectivity index (χ0v) is 19.2. The van der Waals surface area contributed by atoms with Gasteiger partial charge in [0.05, 0.1) is 18.3 Å². The minimum absolute atomic E-state index is 0.0838. The third-order valence-electron chi connectivity index (χ3n) is 5.20. The molecule has 1 atom stereocenters. The van der Waals surface area contributed by atoms with E-state index in [0.717, 1.165) is 5.56 Å². The number of carbonyl (C=O) groups is 1. The molecule has 1 fully saturated rings. The van der Waals surface area contributed by atoms with Crippen molar-refractivity contribution in [3.8, 4) is 5.82 Å². The van der Waals surface area contributed by atoms with Crippen LogP contribution in [-0.4, -0.2) is 51.2 Å². The van der Waals surface area contributed by atoms with Gasteiger partial charge in [0.25, 0.3) is 10.0 Å². The Hall–Kier alpha value is -2.53. The molecule has 168 valence electrons. The van der Waals surface area contributed by atoms with Crippen LogP contribution in [0, 0.1) is 5.92 Å². The van der Waals surface area contributed by atoms with Crippen molar-refractivity contribution in [3.05, 3.63) is 64.9 Å². The second kappa shape index (κ2) is 9.53. The van der Waals surface area contributed by atoms with Crippen molar-refractivity contribution < 1.29 is 13.2 Å². The van der Waals surface area contributed by atoms with Crippen LogP contribution in [0.1, 0.15) is 18.4 Å². The summed E-state index contributed by atoms with van der Waals surface area (Å²) in [5, 5.41) is 3.72. The maximum absolute atomic E-state index is 13.1. The number of nitrogens with zero attached hydrogens (tertiary/aromatic N) is 5. The fourth-order valence-corrected chi connectivity index (χ4v) is 5.40. The van der Waals surface area contributed by atoms with Crippen molar-refractivity contribution in [3.63, 3.8) is 0 Å². The van der Waals surface area contributed by atoms with Crippen LogP contribution >= 0.6 is 23.2 Å². The third kappa shape index (κ3) is 4.93. The molecule has 12 heteroatoms. The topological polar surface area (TPSA) is 110 Å². The largest absolute Gasteiger partial charge is 0.352 e. The Balaban J connectivity index is 1.42. The molecule has 3 heterocycles. The molecule has 1 saturated heterocycles. The molecule has 1 N–H and O–H groups in total. The van der Waals surface area contributed by atoms with Crippen molar-refractivity contribution in [2.24, 2.45) is 5.92 Å². The van der Waals surface area contributed by atoms with Crippen LogP contribution < -0.4 is 5.32 Å². The molecule has 0 radical (unpaired) electrons. The highest BCUT2D eigenvalue weighted by Gasteiger charge is 2.34. The molecule has 0 unspecified atom stereocenters. The first-order valence-corrected chi connectivity index (χ1v) is 12.1. The van der Waals surface area contributed by atoms with Gasteiger partial charge in [-0.25, -0.2) is 18.4 Å². The molecule has 0 saturated carbocycles. The Labute approximate surface area is 195 Å². The van der Waals surface area contributed by atoms with Gasteiger partial charge in [0.2, 0.25) is 5.91 Å². The van der Waals surface area contributed by atoms with Crippen LogP contribution in [0.4, 0.5) is 0 Å². The van der Waals surface area contributed by atoms with Crippen LogP contribution in [0.25, 0.3) is 5.82 Å². The summed E-state index contributed by atoms with van der Waals surface area (Å²) in [7, 11) is -3.86. The van der Waals surface area contributed by atoms with Gasteiger partial charge >= 0.3 is 0 Å². The van der Waals surface area contributed by atoms with Gasteiger partial charge in [-0.05, 0) is 30.5 Å². The van der Waals surface area contributed by atoms with Crippen LogP contribution in [-0.2, 0) is 21.4 Å². The van der Waals surface area contributed by atoms with Gasteiger partial charge < -0.3 is 5.32 Å². The lowest BCUT2D eigenvalue weighted by Crippen LogP contribution is -2.45. The van der Waals surface area contributed by atoms with E-state index in [2.05, 4.69) is 20.3 Å². The number of amides is 1. The van der Waals surface area contributed by atoms with E-state index < -0.39 is 15.9 Å². The lowest BCUT2D eigenvalue weighted by molar-refractivity contribution is -0.126. The number of nitrogens with one attached hydrogen (secondary N) is 1. The van der Waals surface area contributed by atoms with Crippen LogP contribution in [0.15, 0.2) is 54.3 Å². The van der Waals surface area contributed by atoms with Gasteiger partial charge in [-0.1, -0.05) is 29.3 Å². The number of carbonyl (C=O) groups excluding carboxylic acids is 1. The molecule has 0 aliphatic carbocycles. The highest BCUT2D eigenvalue weighted by atomic mass is 35.5. The Bertz CT molecular complexity index is 1220. The SMILES string of the molecule is O=C(NCc1ccc(Cl)cc1Cl)[C@@H]1CCCN(S(=O)(=O)c2cn(-c3cnccn3)cn2)C1. The predicted octanol–water partition coefficient (Wildman–Crippen LogP) is 2.69. The molecule has 0 bridgehead atoms. The quantitative estimate of drug-likeness (QED) is 0.563. The average molecular weight is 495 g/mol. The van der Waals surface area contributed by atoms with E-state index in [-0.39, 0.29) is 24.0 Å². The lowest BCUT2D eigenvalue weighted by atomic mass is 9.99. The summed E-state index contributed by atoms with van der Waals surface area (Å²) in [6, 6.07) is 5.06. The van der Waals surface area contributed by atoms with E-state index in [0.29, 0.717) is 35.2 Å². The summed E-state index contributed by atoms with van der Waals surface area (Å²) in [5.74, 6) is -0.231. The molecule has 1 amide bonds. The van der Waals surface area contributed by atoms with Gasteiger partial charge in [0.1, 0.15) is 6.33 Å². The highest BCUT2D eigenvalue weighted by molar-refractivity contribution is 7.89. The van der Waals surface area contributed by atoms with E-state index in [1.54, 1.807) is 18.2 Å². The lowest BCUT2D eigenvalue weighted by Gasteiger charge is -2.30. The zero-order valence-electron chi connectivity index (χ0n) is 16.9. The second-order valence-electron chi connectivity index (χ2n) is 7.34. The van der Waals surface area contributed by atoms with E-state index in [4.69, 9.17) is 23.2 Å². The van der Waals surface area contributed by atoms with Crippen molar-refractivity contribution >= 4 is 39.1 Å². The monoisotopic (exact) mass is 494 g/mol. The van der Waals surface area contributed by atoms with Gasteiger partial charge in [-0.15, -0.1) is 0 Å². The molecule has 9 nitrogen and oxygen atoms in total.